The number of anilines is 2. The smallest absolute Gasteiger partial charge is 0.231 e. The summed E-state index contributed by atoms with van der Waals surface area (Å²) in [7, 11) is 0. The number of carbonyl (C=O) groups excluding carboxylic acids is 1. The van der Waals surface area contributed by atoms with Crippen LogP contribution in [-0.4, -0.2) is 35.7 Å². The number of nitriles is 1. The van der Waals surface area contributed by atoms with Gasteiger partial charge in [0.1, 0.15) is 69.8 Å². The van der Waals surface area contributed by atoms with Gasteiger partial charge in [-0.3, -0.25) is 4.98 Å². The number of benzene rings is 5. The van der Waals surface area contributed by atoms with Gasteiger partial charge in [-0.25, -0.2) is 31.8 Å². The molecule has 0 unspecified atom stereocenters. The van der Waals surface area contributed by atoms with E-state index in [0.717, 1.165) is 65.6 Å². The van der Waals surface area contributed by atoms with Gasteiger partial charge in [-0.15, -0.1) is 23.0 Å². The molecule has 0 aliphatic heterocycles. The molecule has 7 aromatic heterocycles. The van der Waals surface area contributed by atoms with Gasteiger partial charge in [0, 0.05) is 97.9 Å². The van der Waals surface area contributed by atoms with Crippen LogP contribution in [0.3, 0.4) is 0 Å². The average Bonchev–Trinajstić information content (AvgIpc) is 3.14. The Morgan fingerprint density at radius 3 is 1.15 bits per heavy atom. The summed E-state index contributed by atoms with van der Waals surface area (Å²) in [5.41, 5.74) is 18.6. The maximum Gasteiger partial charge on any atom is 0.231 e. The van der Waals surface area contributed by atoms with Crippen LogP contribution < -0.4 is 11.5 Å². The van der Waals surface area contributed by atoms with Gasteiger partial charge in [0.2, 0.25) is 17.3 Å². The number of aromatic nitrogens is 6. The molecule has 0 aliphatic carbocycles. The zero-order valence-corrected chi connectivity index (χ0v) is 58.5. The quantitative estimate of drug-likeness (QED) is 0.0533. The van der Waals surface area contributed by atoms with E-state index in [1.807, 2.05) is 233 Å². The number of Topliss-reactive ketones (excluding diaryl/α,β-unsaturated/α-hetero) is 1. The first-order chi connectivity index (χ1) is 41.1. The number of nitrogen functional groups attached to an aromatic ring is 2. The van der Waals surface area contributed by atoms with Crippen molar-refractivity contribution in [2.75, 3.05) is 11.5 Å². The summed E-state index contributed by atoms with van der Waals surface area (Å²) in [6.45, 7) is 27.1. The van der Waals surface area contributed by atoms with Gasteiger partial charge in [0.25, 0.3) is 0 Å². The number of ketones is 1. The first-order valence-electron chi connectivity index (χ1n) is 26.9. The molecule has 0 aliphatic rings. The van der Waals surface area contributed by atoms with E-state index < -0.39 is 0 Å². The van der Waals surface area contributed by atoms with Crippen LogP contribution in [0.2, 0.25) is 0 Å². The molecule has 443 valence electrons. The SMILES string of the molecule is Brc1ncnc2oc(-c3ccccc3)cc12.CC.CC.CC.CC.CC.N#Cc1cc(-c2ccccc2)oc1N.Nc1ncnc2oc(-c3ccccc3)cc12.O=N[O-].[CH2-]C(=O)c1ccccc1.[CH2-]c1ncnc2oc(-c3ccccc3)cc12.[U].[Y]. The number of hydrogen-bond acceptors (Lipinski definition) is 17. The molecular weight excluding hydrogens is 1450 g/mol. The first kappa shape index (κ1) is 77.8. The number of hydrogen-bond donors (Lipinski definition) is 2. The van der Waals surface area contributed by atoms with Crippen LogP contribution in [0.4, 0.5) is 11.7 Å². The van der Waals surface area contributed by atoms with Crippen LogP contribution in [0.25, 0.3) is 78.6 Å². The minimum Gasteiger partial charge on any atom is -0.457 e. The van der Waals surface area contributed by atoms with E-state index in [1.54, 1.807) is 18.2 Å². The number of furan rings is 4. The normalized spacial score (nSPS) is 9.00. The van der Waals surface area contributed by atoms with Gasteiger partial charge in [0.05, 0.1) is 10.8 Å². The monoisotopic (exact) mass is 1520 g/mol. The summed E-state index contributed by atoms with van der Waals surface area (Å²) in [4.78, 5) is 42.7. The Kier molecular flexibility index (Phi) is 40.9. The van der Waals surface area contributed by atoms with Crippen molar-refractivity contribution in [1.82, 2.24) is 29.9 Å². The fraction of sp³-hybridized carbons (Fsp3) is 0.152. The molecule has 0 amide bonds. The van der Waals surface area contributed by atoms with E-state index in [4.69, 9.17) is 44.5 Å². The zero-order chi connectivity index (χ0) is 62.2. The second kappa shape index (κ2) is 45.2. The number of nitrogens with two attached hydrogens (primary N) is 2. The molecule has 12 aromatic rings. The summed E-state index contributed by atoms with van der Waals surface area (Å²) in [5, 5.41) is 20.2. The van der Waals surface area contributed by atoms with E-state index in [0.29, 0.717) is 45.5 Å². The zero-order valence-electron chi connectivity index (χ0n) is 49.9. The van der Waals surface area contributed by atoms with Crippen molar-refractivity contribution in [2.24, 2.45) is 5.34 Å². The maximum absolute atomic E-state index is 10.5. The molecule has 17 nitrogen and oxygen atoms in total. The number of halogens is 1. The Morgan fingerprint density at radius 1 is 0.512 bits per heavy atom. The molecule has 86 heavy (non-hydrogen) atoms. The van der Waals surface area contributed by atoms with Crippen LogP contribution in [0, 0.1) is 66.4 Å². The topological polar surface area (TPSA) is 275 Å². The van der Waals surface area contributed by atoms with Gasteiger partial charge >= 0.3 is 0 Å². The van der Waals surface area contributed by atoms with E-state index in [1.165, 1.54) is 19.0 Å². The van der Waals surface area contributed by atoms with Crippen LogP contribution in [-0.2, 0) is 32.7 Å². The summed E-state index contributed by atoms with van der Waals surface area (Å²) >= 11 is 3.37. The third-order valence-electron chi connectivity index (χ3n) is 10.3. The molecule has 0 atom stereocenters. The molecule has 0 saturated heterocycles. The molecule has 0 spiro atoms. The van der Waals surface area contributed by atoms with Crippen molar-refractivity contribution in [3.63, 3.8) is 0 Å². The number of fused-ring (bicyclic) bond motifs is 3. The molecule has 20 heteroatoms. The summed E-state index contributed by atoms with van der Waals surface area (Å²) in [6.07, 6.45) is 4.34. The molecule has 5 aromatic carbocycles. The van der Waals surface area contributed by atoms with E-state index in [2.05, 4.69) is 59.7 Å². The second-order valence-corrected chi connectivity index (χ2v) is 15.8. The van der Waals surface area contributed by atoms with Crippen molar-refractivity contribution < 1.29 is 86.3 Å². The van der Waals surface area contributed by atoms with Crippen LogP contribution in [0.5, 0.6) is 0 Å². The molecule has 4 N–H and O–H groups in total. The Hall–Kier alpha value is -8.22. The Labute approximate surface area is 560 Å². The van der Waals surface area contributed by atoms with Crippen molar-refractivity contribution >= 4 is 66.7 Å². The van der Waals surface area contributed by atoms with Gasteiger partial charge in [-0.1, -0.05) is 226 Å². The predicted molar refractivity (Wildman–Crippen MR) is 344 cm³/mol. The van der Waals surface area contributed by atoms with Crippen LogP contribution in [0.1, 0.15) is 90.9 Å². The molecule has 0 saturated carbocycles. The molecule has 0 fully saturated rings. The van der Waals surface area contributed by atoms with Crippen molar-refractivity contribution in [2.45, 2.75) is 69.2 Å². The van der Waals surface area contributed by atoms with Crippen molar-refractivity contribution in [3.8, 4) is 51.4 Å². The fourth-order valence-electron chi connectivity index (χ4n) is 6.70. The van der Waals surface area contributed by atoms with E-state index in [-0.39, 0.29) is 75.5 Å². The third kappa shape index (κ3) is 24.4. The second-order valence-electron chi connectivity index (χ2n) is 15.1. The largest absolute Gasteiger partial charge is 0.457 e. The maximum atomic E-state index is 10.5. The average molecular weight is 1520 g/mol. The Morgan fingerprint density at radius 2 is 0.826 bits per heavy atom. The predicted octanol–water partition coefficient (Wildman–Crippen LogP) is 18.7. The van der Waals surface area contributed by atoms with Crippen molar-refractivity contribution in [1.29, 1.82) is 5.26 Å². The minimum absolute atomic E-state index is 0. The summed E-state index contributed by atoms with van der Waals surface area (Å²) in [5.74, 6) is 3.46. The van der Waals surface area contributed by atoms with Crippen molar-refractivity contribution in [3.05, 3.63) is 240 Å². The Bertz CT molecular complexity index is 3500. The molecule has 7 heterocycles. The van der Waals surface area contributed by atoms with Gasteiger partial charge < -0.3 is 44.0 Å². The number of carbonyl (C=O) groups is 1. The van der Waals surface area contributed by atoms with Gasteiger partial charge in [-0.05, 0) is 28.1 Å². The van der Waals surface area contributed by atoms with Crippen LogP contribution in [0.15, 0.2) is 223 Å². The minimum atomic E-state index is -0.129. The van der Waals surface area contributed by atoms with E-state index >= 15 is 0 Å². The molecule has 12 rings (SSSR count). The van der Waals surface area contributed by atoms with Gasteiger partial charge in [-0.2, -0.15) is 12.2 Å². The summed E-state index contributed by atoms with van der Waals surface area (Å²) in [6, 6.07) is 57.5. The summed E-state index contributed by atoms with van der Waals surface area (Å²) < 4.78 is 22.9. The number of nitrogens with zero attached hydrogens (tertiary/aromatic N) is 8. The molecule has 0 bridgehead atoms. The number of rotatable bonds is 5. The van der Waals surface area contributed by atoms with Gasteiger partial charge in [0.15, 0.2) is 0 Å². The Balaban J connectivity index is 0.00000100. The molecule has 1 radical (unpaired) electrons. The first-order valence-corrected chi connectivity index (χ1v) is 27.7. The van der Waals surface area contributed by atoms with E-state index in [9.17, 15) is 4.79 Å². The fourth-order valence-corrected chi connectivity index (χ4v) is 7.08. The van der Waals surface area contributed by atoms with Crippen LogP contribution >= 0.6 is 15.9 Å². The standard InChI is InChI=1S/C13H9N2O.C12H7BrN2O.C12H9N3O.C11H8N2O.C8H7O.5C2H6.HNO2.U.Y/c1-9-11-7-12(10-5-3-2-4-6-10)16-13(11)15-8-14-9;2*13-11-9-6-10(8-4-2-1-3-5-8)16-12(9)15-7-14-11;12-7-9-6-10(14-11(9)13)8-4-2-1-3-5-8;1-7(9)8-5-3-2-4-6-8;5*1-2;2-1-3;;/h2-8H,1H2;1-7H;1-7H,(H2,13,14,15);1-6H,13H2;2-6H,1H2;5*1-2H3;(H,2,3);;/q-1;;;;-1;;;;;;;;/p-1. The third-order valence-corrected chi connectivity index (χ3v) is 10.9. The molecular formula is C66H70BrN10O7UY-3.